The lowest BCUT2D eigenvalue weighted by atomic mass is 9.81. The van der Waals surface area contributed by atoms with Gasteiger partial charge in [0.15, 0.2) is 17.5 Å². The van der Waals surface area contributed by atoms with E-state index >= 15 is 0 Å². The van der Waals surface area contributed by atoms with E-state index in [2.05, 4.69) is 63.8 Å². The van der Waals surface area contributed by atoms with E-state index in [4.69, 9.17) is 19.1 Å². The zero-order chi connectivity index (χ0) is 33.2. The van der Waals surface area contributed by atoms with Crippen LogP contribution >= 0.6 is 0 Å². The van der Waals surface area contributed by atoms with Crippen LogP contribution in [0.1, 0.15) is 30.5 Å². The molecule has 1 aliphatic carbocycles. The minimum absolute atomic E-state index is 0.0468. The maximum Gasteiger partial charge on any atom is 0.164 e. The van der Waals surface area contributed by atoms with E-state index in [1.165, 1.54) is 16.3 Å². The predicted octanol–water partition coefficient (Wildman–Crippen LogP) is 9.39. The highest BCUT2D eigenvalue weighted by Crippen LogP contribution is 2.49. The molecule has 0 radical (unpaired) electrons. The van der Waals surface area contributed by atoms with Gasteiger partial charge in [-0.2, -0.15) is 0 Å². The second-order valence-electron chi connectivity index (χ2n) is 12.7. The first kappa shape index (κ1) is 22.9. The van der Waals surface area contributed by atoms with Crippen LogP contribution in [0.4, 0.5) is 0 Å². The van der Waals surface area contributed by atoms with Crippen molar-refractivity contribution in [3.05, 3.63) is 132 Å². The van der Waals surface area contributed by atoms with E-state index in [1.807, 2.05) is 66.7 Å². The Morgan fingerprint density at radius 3 is 1.65 bits per heavy atom. The first-order chi connectivity index (χ1) is 22.4. The molecule has 0 spiro atoms. The highest BCUT2D eigenvalue weighted by atomic mass is 28.3. The summed E-state index contributed by atoms with van der Waals surface area (Å²) in [7, 11) is -1.53. The summed E-state index contributed by atoms with van der Waals surface area (Å²) in [5.41, 5.74) is 7.10. The molecule has 0 bridgehead atoms. The molecule has 6 aromatic rings. The molecule has 0 fully saturated rings. The summed E-state index contributed by atoms with van der Waals surface area (Å²) in [5.74, 6) is 0.951. The molecule has 0 N–H and O–H groups in total. The Balaban J connectivity index is 1.42. The summed E-state index contributed by atoms with van der Waals surface area (Å²) in [4.78, 5) is 14.3. The van der Waals surface area contributed by atoms with Gasteiger partial charge in [0, 0.05) is 22.1 Å². The Kier molecular flexibility index (Phi) is 5.45. The summed E-state index contributed by atoms with van der Waals surface area (Å²) >= 11 is 0. The number of hydrogen-bond acceptors (Lipinski definition) is 3. The molecule has 0 atom stereocenters. The van der Waals surface area contributed by atoms with E-state index in [-0.39, 0.29) is 41.0 Å². The molecule has 210 valence electrons. The molecule has 0 saturated carbocycles. The van der Waals surface area contributed by atoms with Gasteiger partial charge in [-0.3, -0.25) is 0 Å². The molecule has 7 rings (SSSR count). The van der Waals surface area contributed by atoms with Gasteiger partial charge in [-0.1, -0.05) is 148 Å². The Hall–Kier alpha value is -4.67. The van der Waals surface area contributed by atoms with Crippen LogP contribution in [0, 0.1) is 0 Å². The van der Waals surface area contributed by atoms with Gasteiger partial charge in [-0.05, 0) is 45.5 Å². The molecular weight excluding hydrogens is 539 g/mol. The third-order valence-electron chi connectivity index (χ3n) is 8.38. The Morgan fingerprint density at radius 2 is 1.07 bits per heavy atom. The Bertz CT molecular complexity index is 2140. The van der Waals surface area contributed by atoms with Crippen molar-refractivity contribution < 1.29 is 5.48 Å². The summed E-state index contributed by atoms with van der Waals surface area (Å²) in [6.45, 7) is 11.5. The molecule has 43 heavy (non-hydrogen) atoms. The Morgan fingerprint density at radius 1 is 0.558 bits per heavy atom. The number of benzene rings is 5. The van der Waals surface area contributed by atoms with Crippen molar-refractivity contribution in [1.29, 1.82) is 0 Å². The SMILES string of the molecule is [2H]c1c([2H])c(-c2ccc3c(c2)C(C)(C)c2cc([Si](C)(C)C)ccc2-3)c([2H])c(-c2nc(-c3ccccc3)nc(-c3ccccc3)n2)c1[2H]. The van der Waals surface area contributed by atoms with Gasteiger partial charge in [0.05, 0.1) is 13.6 Å². The average molecular weight is 578 g/mol. The average Bonchev–Trinajstić information content (AvgIpc) is 3.29. The molecular formula is C39H35N3Si. The van der Waals surface area contributed by atoms with E-state index in [0.717, 1.165) is 22.3 Å². The van der Waals surface area contributed by atoms with Crippen molar-refractivity contribution in [2.75, 3.05) is 0 Å². The lowest BCUT2D eigenvalue weighted by Gasteiger charge is -2.24. The molecule has 0 aliphatic heterocycles. The monoisotopic (exact) mass is 577 g/mol. The van der Waals surface area contributed by atoms with Crippen LogP contribution in [-0.2, 0) is 5.41 Å². The topological polar surface area (TPSA) is 38.7 Å². The number of rotatable bonds is 5. The fourth-order valence-electron chi connectivity index (χ4n) is 5.88. The largest absolute Gasteiger partial charge is 0.208 e. The highest BCUT2D eigenvalue weighted by Gasteiger charge is 2.36. The third-order valence-corrected chi connectivity index (χ3v) is 10.4. The van der Waals surface area contributed by atoms with Crippen LogP contribution in [0.15, 0.2) is 121 Å². The van der Waals surface area contributed by atoms with Crippen molar-refractivity contribution in [2.24, 2.45) is 0 Å². The molecule has 3 nitrogen and oxygen atoms in total. The molecule has 0 saturated heterocycles. The van der Waals surface area contributed by atoms with Crippen molar-refractivity contribution >= 4 is 13.3 Å². The molecule has 1 aliphatic rings. The van der Waals surface area contributed by atoms with Crippen LogP contribution in [0.2, 0.25) is 19.6 Å². The molecule has 0 unspecified atom stereocenters. The van der Waals surface area contributed by atoms with Gasteiger partial charge < -0.3 is 0 Å². The van der Waals surface area contributed by atoms with E-state index in [9.17, 15) is 1.37 Å². The van der Waals surface area contributed by atoms with Crippen LogP contribution in [0.25, 0.3) is 56.4 Å². The number of nitrogens with zero attached hydrogens (tertiary/aromatic N) is 3. The minimum Gasteiger partial charge on any atom is -0.208 e. The summed E-state index contributed by atoms with van der Waals surface area (Å²) in [5, 5.41) is 1.41. The quantitative estimate of drug-likeness (QED) is 0.192. The molecule has 5 aromatic carbocycles. The number of fused-ring (bicyclic) bond motifs is 3. The lowest BCUT2D eigenvalue weighted by molar-refractivity contribution is 0.661. The normalized spacial score (nSPS) is 14.7. The molecule has 1 heterocycles. The van der Waals surface area contributed by atoms with E-state index in [1.54, 1.807) is 0 Å². The smallest absolute Gasteiger partial charge is 0.164 e. The summed E-state index contributed by atoms with van der Waals surface area (Å²) in [6, 6.07) is 31.3. The molecule has 0 amide bonds. The summed E-state index contributed by atoms with van der Waals surface area (Å²) in [6.07, 6.45) is 0. The number of aromatic nitrogens is 3. The van der Waals surface area contributed by atoms with Gasteiger partial charge in [-0.15, -0.1) is 0 Å². The van der Waals surface area contributed by atoms with Crippen molar-refractivity contribution in [2.45, 2.75) is 38.9 Å². The van der Waals surface area contributed by atoms with Gasteiger partial charge in [-0.25, -0.2) is 15.0 Å². The zero-order valence-corrected chi connectivity index (χ0v) is 26.1. The first-order valence-corrected chi connectivity index (χ1v) is 18.1. The predicted molar refractivity (Wildman–Crippen MR) is 182 cm³/mol. The fourth-order valence-corrected chi connectivity index (χ4v) is 7.04. The van der Waals surface area contributed by atoms with Gasteiger partial charge in [0.2, 0.25) is 0 Å². The Labute approximate surface area is 261 Å². The standard InChI is InChI=1S/C39H35N3Si/c1-39(2)34-24-29(19-21-32(34)33-22-20-31(25-35(33)39)43(3,4)5)28-17-12-18-30(23-28)38-41-36(26-13-8-6-9-14-26)40-37(42-38)27-15-10-7-11-16-27/h6-25H,1-5H3/i12D,17D,18D,23D. The minimum atomic E-state index is -1.53. The van der Waals surface area contributed by atoms with Crippen molar-refractivity contribution in [3.63, 3.8) is 0 Å². The van der Waals surface area contributed by atoms with Crippen LogP contribution in [0.3, 0.4) is 0 Å². The van der Waals surface area contributed by atoms with Crippen LogP contribution in [-0.4, -0.2) is 23.0 Å². The van der Waals surface area contributed by atoms with Gasteiger partial charge in [0.1, 0.15) is 0 Å². The van der Waals surface area contributed by atoms with Crippen molar-refractivity contribution in [3.8, 4) is 56.4 Å². The van der Waals surface area contributed by atoms with E-state index in [0.29, 0.717) is 22.8 Å². The molecule has 4 heteroatoms. The highest BCUT2D eigenvalue weighted by molar-refractivity contribution is 6.88. The van der Waals surface area contributed by atoms with Crippen LogP contribution < -0.4 is 5.19 Å². The second-order valence-corrected chi connectivity index (χ2v) is 17.8. The summed E-state index contributed by atoms with van der Waals surface area (Å²) < 4.78 is 36.2. The second kappa shape index (κ2) is 10.2. The van der Waals surface area contributed by atoms with Crippen molar-refractivity contribution in [1.82, 2.24) is 15.0 Å². The lowest BCUT2D eigenvalue weighted by Crippen LogP contribution is -2.38. The maximum absolute atomic E-state index is 9.45. The fraction of sp³-hybridized carbons (Fsp3) is 0.154. The first-order valence-electron chi connectivity index (χ1n) is 16.6. The van der Waals surface area contributed by atoms with E-state index < -0.39 is 8.07 Å². The zero-order valence-electron chi connectivity index (χ0n) is 29.1. The van der Waals surface area contributed by atoms with Gasteiger partial charge in [0.25, 0.3) is 0 Å². The third kappa shape index (κ3) is 4.92. The maximum atomic E-state index is 9.45. The molecule has 1 aromatic heterocycles. The van der Waals surface area contributed by atoms with Gasteiger partial charge >= 0.3 is 0 Å². The van der Waals surface area contributed by atoms with Crippen LogP contribution in [0.5, 0.6) is 0 Å². The number of hydrogen-bond donors (Lipinski definition) is 0.